The summed E-state index contributed by atoms with van der Waals surface area (Å²) in [4.78, 5) is 4.62. The first-order valence-electron chi connectivity index (χ1n) is 10.1. The monoisotopic (exact) mass is 419 g/mol. The molecule has 1 aromatic rings. The third kappa shape index (κ3) is 12.1. The van der Waals surface area contributed by atoms with Crippen LogP contribution in [0.1, 0.15) is 54.0 Å². The number of allylic oxidation sites excluding steroid dienone is 7. The van der Waals surface area contributed by atoms with Crippen LogP contribution < -0.4 is 4.74 Å². The van der Waals surface area contributed by atoms with E-state index in [9.17, 15) is 0 Å². The fourth-order valence-electron chi connectivity index (χ4n) is 2.02. The molecule has 0 aliphatic rings. The highest BCUT2D eigenvalue weighted by Crippen LogP contribution is 2.14. The first-order chi connectivity index (χ1) is 14.5. The van der Waals surface area contributed by atoms with Crippen LogP contribution in [0.5, 0.6) is 5.75 Å². The lowest BCUT2D eigenvalue weighted by Crippen LogP contribution is -1.97. The number of benzene rings is 1. The molecular weight excluding hydrogens is 382 g/mol. The second-order valence-electron chi connectivity index (χ2n) is 7.39. The van der Waals surface area contributed by atoms with Crippen LogP contribution in [0.4, 0.5) is 0 Å². The van der Waals surface area contributed by atoms with Crippen LogP contribution in [0, 0.1) is 11.8 Å². The van der Waals surface area contributed by atoms with Gasteiger partial charge in [-0.15, -0.1) is 0 Å². The van der Waals surface area contributed by atoms with Crippen LogP contribution in [0.3, 0.4) is 0 Å². The zero-order valence-corrected chi connectivity index (χ0v) is 20.6. The molecule has 0 aromatic heterocycles. The molecule has 0 aliphatic carbocycles. The first kappa shape index (κ1) is 27.8. The molecule has 31 heavy (non-hydrogen) atoms. The van der Waals surface area contributed by atoms with Crippen molar-refractivity contribution < 1.29 is 9.47 Å². The highest BCUT2D eigenvalue weighted by atomic mass is 16.5. The summed E-state index contributed by atoms with van der Waals surface area (Å²) in [7, 11) is 3.30. The lowest BCUT2D eigenvalue weighted by molar-refractivity contribution is 0.294. The van der Waals surface area contributed by atoms with Crippen molar-refractivity contribution >= 4 is 5.71 Å². The maximum atomic E-state index is 5.10. The fourth-order valence-corrected chi connectivity index (χ4v) is 2.02. The van der Waals surface area contributed by atoms with Gasteiger partial charge < -0.3 is 9.47 Å². The third-order valence-corrected chi connectivity index (χ3v) is 4.33. The van der Waals surface area contributed by atoms with Gasteiger partial charge in [-0.1, -0.05) is 30.6 Å². The zero-order valence-electron chi connectivity index (χ0n) is 20.6. The van der Waals surface area contributed by atoms with Gasteiger partial charge in [0.05, 0.1) is 25.7 Å². The molecule has 0 amide bonds. The van der Waals surface area contributed by atoms with Gasteiger partial charge in [-0.3, -0.25) is 4.99 Å². The highest BCUT2D eigenvalue weighted by molar-refractivity contribution is 5.99. The predicted molar refractivity (Wildman–Crippen MR) is 136 cm³/mol. The summed E-state index contributed by atoms with van der Waals surface area (Å²) in [6.07, 6.45) is 3.83. The molecule has 0 saturated heterocycles. The summed E-state index contributed by atoms with van der Waals surface area (Å²) in [5.74, 6) is 7.60. The lowest BCUT2D eigenvalue weighted by Gasteiger charge is -2.06. The van der Waals surface area contributed by atoms with E-state index in [0.717, 1.165) is 39.6 Å². The Morgan fingerprint density at radius 3 is 1.90 bits per heavy atom. The number of methoxy groups -OCH3 is 2. The second kappa shape index (κ2) is 14.7. The van der Waals surface area contributed by atoms with Crippen LogP contribution in [0.15, 0.2) is 88.3 Å². The van der Waals surface area contributed by atoms with Crippen molar-refractivity contribution in [1.29, 1.82) is 0 Å². The molecule has 0 radical (unpaired) electrons. The topological polar surface area (TPSA) is 30.8 Å². The summed E-state index contributed by atoms with van der Waals surface area (Å²) in [5.41, 5.74) is 7.18. The van der Waals surface area contributed by atoms with Crippen molar-refractivity contribution in [2.24, 2.45) is 4.99 Å². The van der Waals surface area contributed by atoms with Gasteiger partial charge in [0.1, 0.15) is 5.75 Å². The van der Waals surface area contributed by atoms with Crippen LogP contribution in [-0.2, 0) is 4.74 Å². The standard InChI is InChI=1S/C16H25NO.C12H12O/c1-11(2)14(6)15(7)17-16(12(3)4)10-9-13(5)18-8;1-10(2)4-5-11-6-8-12(13-3)9-7-11/h9-10H,3H2,1-2,4-8H3;6-9H,1H2,2-3H3/b13-9+,16-10+,17-15?;. The quantitative estimate of drug-likeness (QED) is 0.208. The van der Waals surface area contributed by atoms with Gasteiger partial charge in [-0.05, 0) is 102 Å². The van der Waals surface area contributed by atoms with Crippen molar-refractivity contribution in [3.05, 3.63) is 88.9 Å². The number of rotatable bonds is 6. The second-order valence-corrected chi connectivity index (χ2v) is 7.39. The Bertz CT molecular complexity index is 939. The van der Waals surface area contributed by atoms with Crippen LogP contribution >= 0.6 is 0 Å². The molecule has 3 heteroatoms. The van der Waals surface area contributed by atoms with Gasteiger partial charge in [-0.25, -0.2) is 0 Å². The average molecular weight is 420 g/mol. The number of ether oxygens (including phenoxy) is 2. The minimum Gasteiger partial charge on any atom is -0.501 e. The minimum atomic E-state index is 0.848. The Morgan fingerprint density at radius 1 is 0.903 bits per heavy atom. The first-order valence-corrected chi connectivity index (χ1v) is 10.1. The van der Waals surface area contributed by atoms with Gasteiger partial charge in [0.15, 0.2) is 0 Å². The molecule has 0 unspecified atom stereocenters. The molecule has 0 bridgehead atoms. The molecular formula is C28H37NO2. The molecule has 0 atom stereocenters. The van der Waals surface area contributed by atoms with Crippen LogP contribution in [0.2, 0.25) is 0 Å². The number of hydrogen-bond donors (Lipinski definition) is 0. The third-order valence-electron chi connectivity index (χ3n) is 4.33. The van der Waals surface area contributed by atoms with E-state index >= 15 is 0 Å². The maximum Gasteiger partial charge on any atom is 0.118 e. The van der Waals surface area contributed by atoms with Crippen molar-refractivity contribution in [2.45, 2.75) is 48.5 Å². The Balaban J connectivity index is 0.000000609. The van der Waals surface area contributed by atoms with E-state index in [1.54, 1.807) is 14.2 Å². The highest BCUT2D eigenvalue weighted by Gasteiger charge is 2.00. The maximum absolute atomic E-state index is 5.10. The largest absolute Gasteiger partial charge is 0.501 e. The Morgan fingerprint density at radius 2 is 1.48 bits per heavy atom. The van der Waals surface area contributed by atoms with E-state index < -0.39 is 0 Å². The molecule has 0 heterocycles. The fraction of sp³-hybridized carbons (Fsp3) is 0.321. The molecule has 0 aliphatic heterocycles. The van der Waals surface area contributed by atoms with Crippen molar-refractivity contribution in [3.8, 4) is 17.6 Å². The molecule has 3 nitrogen and oxygen atoms in total. The molecule has 1 rings (SSSR count). The molecule has 0 saturated carbocycles. The number of nitrogens with zero attached hydrogens (tertiary/aromatic N) is 1. The van der Waals surface area contributed by atoms with Crippen LogP contribution in [-0.4, -0.2) is 19.9 Å². The molecule has 0 fully saturated rings. The van der Waals surface area contributed by atoms with Crippen LogP contribution in [0.25, 0.3) is 0 Å². The van der Waals surface area contributed by atoms with E-state index in [1.165, 1.54) is 11.1 Å². The zero-order chi connectivity index (χ0) is 24.0. The number of aliphatic imine (C=N–C) groups is 1. The SMILES string of the molecule is C=C(C)/C(=C\C=C(/C)OC)N=C(C)C(C)=C(C)C.C=C(C)C#Cc1ccc(OC)cc1. The summed E-state index contributed by atoms with van der Waals surface area (Å²) < 4.78 is 10.1. The van der Waals surface area contributed by atoms with E-state index in [-0.39, 0.29) is 0 Å². The smallest absolute Gasteiger partial charge is 0.118 e. The van der Waals surface area contributed by atoms with Crippen molar-refractivity contribution in [1.82, 2.24) is 0 Å². The number of hydrogen-bond acceptors (Lipinski definition) is 3. The van der Waals surface area contributed by atoms with Crippen molar-refractivity contribution in [2.75, 3.05) is 14.2 Å². The van der Waals surface area contributed by atoms with Gasteiger partial charge in [0.25, 0.3) is 0 Å². The summed E-state index contributed by atoms with van der Waals surface area (Å²) >= 11 is 0. The molecule has 1 aromatic carbocycles. The molecule has 0 N–H and O–H groups in total. The summed E-state index contributed by atoms with van der Waals surface area (Å²) in [5, 5.41) is 0. The Hall–Kier alpha value is -3.25. The average Bonchev–Trinajstić information content (AvgIpc) is 2.74. The van der Waals surface area contributed by atoms with Gasteiger partial charge in [-0.2, -0.15) is 0 Å². The van der Waals surface area contributed by atoms with Gasteiger partial charge in [0.2, 0.25) is 0 Å². The Labute approximate surface area is 189 Å². The minimum absolute atomic E-state index is 0.848. The van der Waals surface area contributed by atoms with E-state index in [4.69, 9.17) is 9.47 Å². The Kier molecular flexibility index (Phi) is 13.1. The van der Waals surface area contributed by atoms with E-state index in [2.05, 4.69) is 50.8 Å². The summed E-state index contributed by atoms with van der Waals surface area (Å²) in [6.45, 7) is 21.7. The van der Waals surface area contributed by atoms with E-state index in [1.807, 2.05) is 64.1 Å². The predicted octanol–water partition coefficient (Wildman–Crippen LogP) is 7.44. The van der Waals surface area contributed by atoms with Gasteiger partial charge >= 0.3 is 0 Å². The normalized spacial score (nSPS) is 11.3. The molecule has 0 spiro atoms. The van der Waals surface area contributed by atoms with E-state index in [0.29, 0.717) is 0 Å². The molecule has 166 valence electrons. The summed E-state index contributed by atoms with van der Waals surface area (Å²) in [6, 6.07) is 7.63. The lowest BCUT2D eigenvalue weighted by atomic mass is 10.1. The van der Waals surface area contributed by atoms with Gasteiger partial charge in [0, 0.05) is 11.3 Å². The van der Waals surface area contributed by atoms with Crippen molar-refractivity contribution in [3.63, 3.8) is 0 Å².